The number of nitrogens with one attached hydrogen (secondary N) is 3. The van der Waals surface area contributed by atoms with Crippen molar-refractivity contribution in [3.63, 3.8) is 0 Å². The van der Waals surface area contributed by atoms with E-state index in [4.69, 9.17) is 14.2 Å². The Hall–Kier alpha value is -5.04. The normalized spacial score (nSPS) is 21.7. The minimum Gasteiger partial charge on any atom is -0.480 e. The highest BCUT2D eigenvalue weighted by atomic mass is 16.6. The summed E-state index contributed by atoms with van der Waals surface area (Å²) in [6.07, 6.45) is 3.85. The quantitative estimate of drug-likeness (QED) is 0.0618. The van der Waals surface area contributed by atoms with Gasteiger partial charge >= 0.3 is 36.0 Å². The summed E-state index contributed by atoms with van der Waals surface area (Å²) >= 11 is 0. The molecule has 2 fully saturated rings. The number of alkyl carbamates (subject to hydrolysis) is 1. The molecule has 61 heavy (non-hydrogen) atoms. The molecule has 0 aromatic heterocycles. The number of urea groups is 1. The van der Waals surface area contributed by atoms with Crippen LogP contribution in [-0.2, 0) is 39.8 Å². The van der Waals surface area contributed by atoms with Crippen molar-refractivity contribution < 1.29 is 63.4 Å². The fourth-order valence-electron chi connectivity index (χ4n) is 7.82. The van der Waals surface area contributed by atoms with E-state index in [0.717, 1.165) is 31.2 Å². The Kier molecular flexibility index (Phi) is 21.0. The number of ether oxygens (including phenoxy) is 3. The highest BCUT2D eigenvalue weighted by molar-refractivity contribution is 5.89. The van der Waals surface area contributed by atoms with E-state index in [1.54, 1.807) is 43.9 Å². The molecule has 1 aromatic rings. The topological polar surface area (TPSA) is 260 Å². The maximum absolute atomic E-state index is 12.5. The summed E-state index contributed by atoms with van der Waals surface area (Å²) in [5.74, 6) is 3.69. The number of amides is 3. The van der Waals surface area contributed by atoms with Gasteiger partial charge in [0, 0.05) is 83.5 Å². The number of nitrogens with zero attached hydrogens (tertiary/aromatic N) is 4. The molecular formula is C41H61N7O13. The van der Waals surface area contributed by atoms with Crippen molar-refractivity contribution in [3.05, 3.63) is 29.8 Å². The number of carboxylic acid groups (broad SMARTS) is 4. The van der Waals surface area contributed by atoms with Gasteiger partial charge in [0.15, 0.2) is 0 Å². The first-order chi connectivity index (χ1) is 29.4. The van der Waals surface area contributed by atoms with Crippen LogP contribution in [0.5, 0.6) is 0 Å². The van der Waals surface area contributed by atoms with Gasteiger partial charge in [-0.25, -0.2) is 9.59 Å². The van der Waals surface area contributed by atoms with E-state index in [1.807, 2.05) is 0 Å². The number of fused-ring (bicyclic) bond motifs is 1. The Bertz CT molecular complexity index is 1640. The van der Waals surface area contributed by atoms with Gasteiger partial charge in [-0.3, -0.25) is 38.8 Å². The number of carbonyl (C=O) groups excluding carboxylic acids is 2. The van der Waals surface area contributed by atoms with Crippen molar-refractivity contribution >= 4 is 41.7 Å². The molecule has 0 radical (unpaired) electrons. The lowest BCUT2D eigenvalue weighted by molar-refractivity contribution is -0.142. The Balaban J connectivity index is 1.17. The average molecular weight is 860 g/mol. The number of anilines is 1. The van der Waals surface area contributed by atoms with Crippen LogP contribution in [0.25, 0.3) is 0 Å². The van der Waals surface area contributed by atoms with Crippen LogP contribution < -0.4 is 16.0 Å². The number of rotatable bonds is 22. The molecule has 1 heterocycles. The van der Waals surface area contributed by atoms with Crippen molar-refractivity contribution in [1.82, 2.24) is 30.2 Å². The van der Waals surface area contributed by atoms with Gasteiger partial charge in [-0.05, 0) is 54.7 Å². The summed E-state index contributed by atoms with van der Waals surface area (Å²) in [5.41, 5.74) is 1.28. The van der Waals surface area contributed by atoms with Crippen molar-refractivity contribution in [2.45, 2.75) is 38.1 Å². The number of aliphatic carboxylic acids is 4. The molecule has 0 spiro atoms. The molecule has 3 amide bonds. The maximum atomic E-state index is 12.5. The highest BCUT2D eigenvalue weighted by Crippen LogP contribution is 2.52. The third kappa shape index (κ3) is 19.5. The van der Waals surface area contributed by atoms with Crippen LogP contribution in [0.2, 0.25) is 0 Å². The lowest BCUT2D eigenvalue weighted by Crippen LogP contribution is -2.53. The molecule has 1 saturated carbocycles. The van der Waals surface area contributed by atoms with Crippen molar-refractivity contribution in [2.75, 3.05) is 123 Å². The SMILES string of the molecule is O=C(O)CN1CCN(CC(=O)O)CCN(CC(=O)O)C(Cc2ccc(NC(=O)NCCOCCOCCNC(=O)OCC3[C@H]4CCC#CCC[C@@H]34)cc2)CN(CC(=O)O)CC1. The number of carbonyl (C=O) groups is 6. The van der Waals surface area contributed by atoms with E-state index in [2.05, 4.69) is 27.8 Å². The Labute approximate surface area is 355 Å². The van der Waals surface area contributed by atoms with E-state index >= 15 is 0 Å². The van der Waals surface area contributed by atoms with E-state index in [-0.39, 0.29) is 85.1 Å². The second kappa shape index (κ2) is 26.3. The van der Waals surface area contributed by atoms with Crippen molar-refractivity contribution in [3.8, 4) is 11.8 Å². The van der Waals surface area contributed by atoms with Crippen LogP contribution in [0.4, 0.5) is 15.3 Å². The summed E-state index contributed by atoms with van der Waals surface area (Å²) < 4.78 is 16.4. The molecule has 1 aromatic carbocycles. The van der Waals surface area contributed by atoms with Gasteiger partial charge in [-0.15, -0.1) is 11.8 Å². The van der Waals surface area contributed by atoms with E-state index in [1.165, 1.54) is 0 Å². The Morgan fingerprint density at radius 2 is 1.15 bits per heavy atom. The number of hydrogen-bond donors (Lipinski definition) is 7. The minimum atomic E-state index is -1.10. The molecule has 1 saturated heterocycles. The van der Waals surface area contributed by atoms with E-state index in [0.29, 0.717) is 62.8 Å². The molecule has 20 heteroatoms. The zero-order chi connectivity index (χ0) is 44.0. The van der Waals surface area contributed by atoms with E-state index < -0.39 is 42.0 Å². The van der Waals surface area contributed by atoms with Crippen molar-refractivity contribution in [2.24, 2.45) is 17.8 Å². The van der Waals surface area contributed by atoms with Gasteiger partial charge in [-0.1, -0.05) is 12.1 Å². The molecule has 338 valence electrons. The van der Waals surface area contributed by atoms with Crippen LogP contribution in [0.15, 0.2) is 24.3 Å². The lowest BCUT2D eigenvalue weighted by atomic mass is 10.0. The van der Waals surface area contributed by atoms with Gasteiger partial charge in [0.2, 0.25) is 0 Å². The van der Waals surface area contributed by atoms with Gasteiger partial charge in [0.25, 0.3) is 0 Å². The highest BCUT2D eigenvalue weighted by Gasteiger charge is 2.49. The zero-order valence-corrected chi connectivity index (χ0v) is 34.6. The zero-order valence-electron chi connectivity index (χ0n) is 34.6. The summed E-state index contributed by atoms with van der Waals surface area (Å²) in [7, 11) is 0. The lowest BCUT2D eigenvalue weighted by Gasteiger charge is -2.37. The molecule has 2 unspecified atom stereocenters. The van der Waals surface area contributed by atoms with Crippen molar-refractivity contribution in [1.29, 1.82) is 0 Å². The molecule has 4 rings (SSSR count). The van der Waals surface area contributed by atoms with Crippen LogP contribution in [-0.4, -0.2) is 200 Å². The monoisotopic (exact) mass is 859 g/mol. The van der Waals surface area contributed by atoms with E-state index in [9.17, 15) is 49.2 Å². The number of benzene rings is 1. The van der Waals surface area contributed by atoms with Gasteiger partial charge in [-0.2, -0.15) is 0 Å². The van der Waals surface area contributed by atoms with Gasteiger partial charge < -0.3 is 50.6 Å². The number of carboxylic acids is 4. The van der Waals surface area contributed by atoms with Gasteiger partial charge in [0.05, 0.1) is 59.2 Å². The average Bonchev–Trinajstić information content (AvgIpc) is 3.84. The maximum Gasteiger partial charge on any atom is 0.407 e. The second-order valence-corrected chi connectivity index (χ2v) is 15.4. The molecule has 1 aliphatic heterocycles. The molecule has 20 nitrogen and oxygen atoms in total. The molecule has 2 aliphatic carbocycles. The summed E-state index contributed by atoms with van der Waals surface area (Å²) in [5, 5.41) is 46.6. The molecule has 0 bridgehead atoms. The summed E-state index contributed by atoms with van der Waals surface area (Å²) in [6, 6.07) is 5.96. The molecule has 7 N–H and O–H groups in total. The standard InChI is InChI=1S/C41H61N7O13/c49-36(50)25-45-13-14-46(26-37(51)52)17-18-48(28-39(55)56)32(24-47(16-15-45)27-38(53)54)23-30-7-9-31(10-8-30)44-40(57)42-11-19-59-21-22-60-20-12-43-41(58)61-29-35-33-5-3-1-2-4-6-34(33)35/h7-10,32-35H,3-6,11-29H2,(H,43,58)(H,49,50)(H,51,52)(H,53,54)(H,55,56)(H2,42,44,57)/t32?,33-,34+,35?. The van der Waals surface area contributed by atoms with Crippen LogP contribution >= 0.6 is 0 Å². The predicted octanol–water partition coefficient (Wildman–Crippen LogP) is 0.478. The fraction of sp³-hybridized carbons (Fsp3) is 0.659. The minimum absolute atomic E-state index is 0.141. The Morgan fingerprint density at radius 3 is 1.70 bits per heavy atom. The first kappa shape index (κ1) is 48.6. The molecular weight excluding hydrogens is 798 g/mol. The largest absolute Gasteiger partial charge is 0.480 e. The van der Waals surface area contributed by atoms with Crippen LogP contribution in [0.1, 0.15) is 31.2 Å². The second-order valence-electron chi connectivity index (χ2n) is 15.4. The number of hydrogen-bond acceptors (Lipinski definition) is 13. The molecule has 4 atom stereocenters. The summed E-state index contributed by atoms with van der Waals surface area (Å²) in [6.45, 7) is 2.09. The van der Waals surface area contributed by atoms with Crippen LogP contribution in [0, 0.1) is 29.6 Å². The smallest absolute Gasteiger partial charge is 0.407 e. The predicted molar refractivity (Wildman–Crippen MR) is 220 cm³/mol. The third-order valence-corrected chi connectivity index (χ3v) is 10.9. The first-order valence-electron chi connectivity index (χ1n) is 20.8. The third-order valence-electron chi connectivity index (χ3n) is 10.9. The Morgan fingerprint density at radius 1 is 0.639 bits per heavy atom. The van der Waals surface area contributed by atoms with Gasteiger partial charge in [0.1, 0.15) is 0 Å². The molecule has 3 aliphatic rings. The first-order valence-corrected chi connectivity index (χ1v) is 20.8. The fourth-order valence-corrected chi connectivity index (χ4v) is 7.82. The summed E-state index contributed by atoms with van der Waals surface area (Å²) in [4.78, 5) is 78.3. The van der Waals surface area contributed by atoms with Crippen LogP contribution in [0.3, 0.4) is 0 Å².